The maximum atomic E-state index is 13.7. The molecule has 0 saturated carbocycles. The van der Waals surface area contributed by atoms with Crippen LogP contribution in [0.2, 0.25) is 5.02 Å². The molecule has 0 saturated heterocycles. The Labute approximate surface area is 136 Å². The highest BCUT2D eigenvalue weighted by Gasteiger charge is 2.66. The number of rotatable bonds is 2. The Bertz CT molecular complexity index is 701. The Morgan fingerprint density at radius 3 is 2.42 bits per heavy atom. The van der Waals surface area contributed by atoms with Crippen molar-refractivity contribution in [2.45, 2.75) is 24.8 Å². The molecule has 132 valence electrons. The number of hydrogen-bond acceptors (Lipinski definition) is 4. The Morgan fingerprint density at radius 1 is 1.29 bits per heavy atom. The predicted octanol–water partition coefficient (Wildman–Crippen LogP) is 4.05. The molecule has 0 radical (unpaired) electrons. The zero-order chi connectivity index (χ0) is 18.3. The number of ether oxygens (including phenoxy) is 1. The highest BCUT2D eigenvalue weighted by molar-refractivity contribution is 6.30. The lowest BCUT2D eigenvalue weighted by atomic mass is 9.86. The molecule has 1 heterocycles. The van der Waals surface area contributed by atoms with Gasteiger partial charge in [0.25, 0.3) is 5.54 Å². The van der Waals surface area contributed by atoms with E-state index >= 15 is 0 Å². The van der Waals surface area contributed by atoms with Gasteiger partial charge in [0.1, 0.15) is 0 Å². The Morgan fingerprint density at radius 2 is 1.92 bits per heavy atom. The van der Waals surface area contributed by atoms with Crippen LogP contribution in [0.5, 0.6) is 0 Å². The zero-order valence-electron chi connectivity index (χ0n) is 11.8. The maximum absolute atomic E-state index is 13.7. The molecule has 1 N–H and O–H groups in total. The van der Waals surface area contributed by atoms with Gasteiger partial charge in [-0.2, -0.15) is 26.3 Å². The number of amidine groups is 1. The predicted molar refractivity (Wildman–Crippen MR) is 72.9 cm³/mol. The molecule has 1 aromatic rings. The zero-order valence-corrected chi connectivity index (χ0v) is 12.6. The van der Waals surface area contributed by atoms with Crippen molar-refractivity contribution < 1.29 is 35.9 Å². The Kier molecular flexibility index (Phi) is 4.47. The number of esters is 1. The lowest BCUT2D eigenvalue weighted by molar-refractivity contribution is -0.208. The minimum Gasteiger partial charge on any atom is -0.464 e. The van der Waals surface area contributed by atoms with Crippen LogP contribution in [0, 0.1) is 0 Å². The SMILES string of the molecule is CCOC(=O)C1(C(F)(F)F)N=C(C(F)(F)F)Nc2ccc(Cl)cc21. The summed E-state index contributed by atoms with van der Waals surface area (Å²) in [7, 11) is 0. The summed E-state index contributed by atoms with van der Waals surface area (Å²) in [5, 5.41) is 1.54. The summed E-state index contributed by atoms with van der Waals surface area (Å²) in [4.78, 5) is 14.7. The highest BCUT2D eigenvalue weighted by atomic mass is 35.5. The molecule has 11 heteroatoms. The van der Waals surface area contributed by atoms with Gasteiger partial charge in [-0.15, -0.1) is 0 Å². The summed E-state index contributed by atoms with van der Waals surface area (Å²) in [5.74, 6) is -3.92. The molecule has 1 aromatic carbocycles. The topological polar surface area (TPSA) is 50.7 Å². The van der Waals surface area contributed by atoms with E-state index in [4.69, 9.17) is 11.6 Å². The van der Waals surface area contributed by atoms with E-state index in [1.807, 2.05) is 0 Å². The number of anilines is 1. The molecule has 0 fully saturated rings. The molecular weight excluding hydrogens is 366 g/mol. The van der Waals surface area contributed by atoms with Gasteiger partial charge in [0.05, 0.1) is 6.61 Å². The smallest absolute Gasteiger partial charge is 0.449 e. The van der Waals surface area contributed by atoms with Gasteiger partial charge in [-0.25, -0.2) is 9.79 Å². The summed E-state index contributed by atoms with van der Waals surface area (Å²) >= 11 is 5.64. The molecule has 0 bridgehead atoms. The number of carbonyl (C=O) groups is 1. The summed E-state index contributed by atoms with van der Waals surface area (Å²) in [5.41, 5.74) is -5.32. The fraction of sp³-hybridized carbons (Fsp3) is 0.385. The number of benzene rings is 1. The Balaban J connectivity index is 2.84. The van der Waals surface area contributed by atoms with E-state index < -0.39 is 47.6 Å². The Hall–Kier alpha value is -1.97. The van der Waals surface area contributed by atoms with Crippen LogP contribution in [-0.2, 0) is 15.1 Å². The lowest BCUT2D eigenvalue weighted by Crippen LogP contribution is -2.53. The average molecular weight is 375 g/mol. The normalized spacial score (nSPS) is 20.8. The van der Waals surface area contributed by atoms with Crippen molar-refractivity contribution in [3.8, 4) is 0 Å². The van der Waals surface area contributed by atoms with Crippen LogP contribution in [0.15, 0.2) is 23.2 Å². The van der Waals surface area contributed by atoms with E-state index in [0.717, 1.165) is 18.2 Å². The van der Waals surface area contributed by atoms with Crippen LogP contribution >= 0.6 is 11.6 Å². The molecule has 0 spiro atoms. The average Bonchev–Trinajstić information content (AvgIpc) is 2.43. The van der Waals surface area contributed by atoms with Gasteiger partial charge in [-0.3, -0.25) is 0 Å². The first-order valence-electron chi connectivity index (χ1n) is 6.41. The van der Waals surface area contributed by atoms with E-state index in [1.54, 1.807) is 5.32 Å². The second kappa shape index (κ2) is 5.83. The van der Waals surface area contributed by atoms with Gasteiger partial charge in [0.15, 0.2) is 0 Å². The van der Waals surface area contributed by atoms with Gasteiger partial charge in [0, 0.05) is 16.3 Å². The monoisotopic (exact) mass is 374 g/mol. The quantitative estimate of drug-likeness (QED) is 0.627. The van der Waals surface area contributed by atoms with E-state index in [9.17, 15) is 31.1 Å². The van der Waals surface area contributed by atoms with Crippen molar-refractivity contribution in [1.29, 1.82) is 0 Å². The molecular formula is C13H9ClF6N2O2. The molecule has 24 heavy (non-hydrogen) atoms. The van der Waals surface area contributed by atoms with Crippen LogP contribution in [0.1, 0.15) is 12.5 Å². The highest BCUT2D eigenvalue weighted by Crippen LogP contribution is 2.49. The fourth-order valence-electron chi connectivity index (χ4n) is 2.17. The second-order valence-corrected chi connectivity index (χ2v) is 5.14. The maximum Gasteiger partial charge on any atom is 0.449 e. The van der Waals surface area contributed by atoms with E-state index in [0.29, 0.717) is 0 Å². The molecule has 0 aliphatic carbocycles. The first-order valence-corrected chi connectivity index (χ1v) is 6.79. The standard InChI is InChI=1S/C13H9ClF6N2O2/c1-2-24-10(23)11(13(18,19)20)7-5-6(14)3-4-8(7)21-9(22-11)12(15,16)17/h3-5H,2H2,1H3,(H,21,22). The summed E-state index contributed by atoms with van der Waals surface area (Å²) in [6.45, 7) is 0.743. The second-order valence-electron chi connectivity index (χ2n) is 4.70. The number of halogens is 7. The number of aliphatic imine (C=N–C) groups is 1. The molecule has 0 amide bonds. The van der Waals surface area contributed by atoms with Crippen molar-refractivity contribution in [2.24, 2.45) is 4.99 Å². The van der Waals surface area contributed by atoms with Crippen molar-refractivity contribution >= 4 is 29.1 Å². The van der Waals surface area contributed by atoms with Crippen LogP contribution in [0.4, 0.5) is 32.0 Å². The van der Waals surface area contributed by atoms with Crippen molar-refractivity contribution in [1.82, 2.24) is 0 Å². The molecule has 1 atom stereocenters. The fourth-order valence-corrected chi connectivity index (χ4v) is 2.34. The van der Waals surface area contributed by atoms with Gasteiger partial charge in [0.2, 0.25) is 5.84 Å². The third-order valence-corrected chi connectivity index (χ3v) is 3.39. The number of carbonyl (C=O) groups excluding carboxylic acids is 1. The number of hydrogen-bond donors (Lipinski definition) is 1. The van der Waals surface area contributed by atoms with Crippen LogP contribution in [0.25, 0.3) is 0 Å². The van der Waals surface area contributed by atoms with Gasteiger partial charge < -0.3 is 10.1 Å². The third-order valence-electron chi connectivity index (χ3n) is 3.15. The van der Waals surface area contributed by atoms with Crippen molar-refractivity contribution in [2.75, 3.05) is 11.9 Å². The van der Waals surface area contributed by atoms with E-state index in [1.165, 1.54) is 6.92 Å². The molecule has 4 nitrogen and oxygen atoms in total. The minimum atomic E-state index is -5.49. The van der Waals surface area contributed by atoms with Crippen LogP contribution < -0.4 is 5.32 Å². The van der Waals surface area contributed by atoms with Crippen molar-refractivity contribution in [3.05, 3.63) is 28.8 Å². The molecule has 1 aliphatic rings. The molecule has 2 rings (SSSR count). The summed E-state index contributed by atoms with van der Waals surface area (Å²) in [6, 6.07) is 2.71. The number of nitrogens with zero attached hydrogens (tertiary/aromatic N) is 1. The lowest BCUT2D eigenvalue weighted by Gasteiger charge is -2.36. The first-order chi connectivity index (χ1) is 10.9. The van der Waals surface area contributed by atoms with E-state index in [-0.39, 0.29) is 5.02 Å². The number of alkyl halides is 6. The van der Waals surface area contributed by atoms with E-state index in [2.05, 4.69) is 9.73 Å². The third kappa shape index (κ3) is 2.90. The van der Waals surface area contributed by atoms with Crippen molar-refractivity contribution in [3.63, 3.8) is 0 Å². The van der Waals surface area contributed by atoms with Gasteiger partial charge >= 0.3 is 18.3 Å². The van der Waals surface area contributed by atoms with Gasteiger partial charge in [-0.1, -0.05) is 11.6 Å². The number of fused-ring (bicyclic) bond motifs is 1. The first kappa shape index (κ1) is 18.4. The van der Waals surface area contributed by atoms with Crippen LogP contribution in [0.3, 0.4) is 0 Å². The van der Waals surface area contributed by atoms with Crippen LogP contribution in [-0.4, -0.2) is 30.8 Å². The van der Waals surface area contributed by atoms with Gasteiger partial charge in [-0.05, 0) is 25.1 Å². The minimum absolute atomic E-state index is 0.209. The largest absolute Gasteiger partial charge is 0.464 e. The molecule has 0 aromatic heterocycles. The molecule has 1 unspecified atom stereocenters. The summed E-state index contributed by atoms with van der Waals surface area (Å²) in [6.07, 6.45) is -10.7. The molecule has 1 aliphatic heterocycles. The summed E-state index contributed by atoms with van der Waals surface area (Å²) < 4.78 is 84.3. The number of nitrogens with one attached hydrogen (secondary N) is 1.